The highest BCUT2D eigenvalue weighted by Gasteiger charge is 2.10. The molecule has 23 heavy (non-hydrogen) atoms. The molecule has 3 aromatic rings. The van der Waals surface area contributed by atoms with Gasteiger partial charge in [-0.05, 0) is 38.2 Å². The molecule has 6 nitrogen and oxygen atoms in total. The van der Waals surface area contributed by atoms with Crippen LogP contribution in [-0.4, -0.2) is 30.9 Å². The Bertz CT molecular complexity index is 949. The molecule has 0 unspecified atom stereocenters. The smallest absolute Gasteiger partial charge is 0.216 e. The van der Waals surface area contributed by atoms with E-state index in [0.29, 0.717) is 16.2 Å². The predicted molar refractivity (Wildman–Crippen MR) is 88.5 cm³/mol. The largest absolute Gasteiger partial charge is 0.272 e. The Hall–Kier alpha value is -2.61. The third-order valence-electron chi connectivity index (χ3n) is 3.60. The molecule has 0 saturated heterocycles. The highest BCUT2D eigenvalue weighted by molar-refractivity contribution is 7.71. The predicted octanol–water partition coefficient (Wildman–Crippen LogP) is 2.98. The quantitative estimate of drug-likeness (QED) is 0.593. The van der Waals surface area contributed by atoms with E-state index in [1.54, 1.807) is 23.0 Å². The van der Waals surface area contributed by atoms with E-state index in [1.165, 1.54) is 16.8 Å². The number of aryl methyl sites for hydroxylation is 2. The first kappa shape index (κ1) is 15.3. The van der Waals surface area contributed by atoms with E-state index in [4.69, 9.17) is 12.2 Å². The van der Waals surface area contributed by atoms with Crippen LogP contribution < -0.4 is 0 Å². The van der Waals surface area contributed by atoms with Crippen molar-refractivity contribution in [1.82, 2.24) is 24.7 Å². The van der Waals surface area contributed by atoms with Crippen molar-refractivity contribution in [2.75, 3.05) is 0 Å². The summed E-state index contributed by atoms with van der Waals surface area (Å²) in [5.41, 5.74) is 3.37. The second kappa shape index (κ2) is 5.88. The Morgan fingerprint density at radius 3 is 2.78 bits per heavy atom. The number of aromatic amines is 1. The van der Waals surface area contributed by atoms with Crippen LogP contribution in [0.2, 0.25) is 0 Å². The molecule has 3 rings (SSSR count). The lowest BCUT2D eigenvalue weighted by Gasteiger charge is -2.01. The topological polar surface area (TPSA) is 63.8 Å². The average Bonchev–Trinajstić information content (AvgIpc) is 2.98. The molecule has 1 N–H and O–H groups in total. The van der Waals surface area contributed by atoms with Crippen LogP contribution in [0, 0.1) is 24.4 Å². The van der Waals surface area contributed by atoms with Crippen molar-refractivity contribution in [2.24, 2.45) is 12.1 Å². The fraction of sp³-hybridized carbons (Fsp3) is 0.200. The molecule has 0 atom stereocenters. The maximum atomic E-state index is 13.4. The SMILES string of the molecule is Cc1nn(C)c(C)c1/C=N\n1c(-c2cccc(F)c2)n[nH]c1=S. The fourth-order valence-electron chi connectivity index (χ4n) is 2.31. The summed E-state index contributed by atoms with van der Waals surface area (Å²) in [5, 5.41) is 15.6. The highest BCUT2D eigenvalue weighted by atomic mass is 32.1. The van der Waals surface area contributed by atoms with Crippen molar-refractivity contribution in [3.8, 4) is 11.4 Å². The molecule has 0 spiro atoms. The monoisotopic (exact) mass is 330 g/mol. The van der Waals surface area contributed by atoms with E-state index in [-0.39, 0.29) is 5.82 Å². The molecule has 0 aliphatic heterocycles. The van der Waals surface area contributed by atoms with Crippen molar-refractivity contribution in [3.05, 3.63) is 51.8 Å². The molecule has 0 fully saturated rings. The van der Waals surface area contributed by atoms with Crippen molar-refractivity contribution in [1.29, 1.82) is 0 Å². The minimum atomic E-state index is -0.342. The molecule has 2 heterocycles. The van der Waals surface area contributed by atoms with Gasteiger partial charge in [0.05, 0.1) is 11.9 Å². The molecule has 2 aromatic heterocycles. The van der Waals surface area contributed by atoms with Crippen molar-refractivity contribution in [3.63, 3.8) is 0 Å². The number of nitrogens with one attached hydrogen (secondary N) is 1. The van der Waals surface area contributed by atoms with Gasteiger partial charge in [-0.3, -0.25) is 4.68 Å². The van der Waals surface area contributed by atoms with Gasteiger partial charge in [0.15, 0.2) is 5.82 Å². The summed E-state index contributed by atoms with van der Waals surface area (Å²) < 4.78 is 17.0. The van der Waals surface area contributed by atoms with E-state index >= 15 is 0 Å². The van der Waals surface area contributed by atoms with Crippen LogP contribution in [0.3, 0.4) is 0 Å². The Morgan fingerprint density at radius 2 is 2.13 bits per heavy atom. The Labute approximate surface area is 137 Å². The van der Waals surface area contributed by atoms with Crippen LogP contribution in [0.4, 0.5) is 4.39 Å². The highest BCUT2D eigenvalue weighted by Crippen LogP contribution is 2.18. The van der Waals surface area contributed by atoms with Crippen LogP contribution in [0.1, 0.15) is 17.0 Å². The van der Waals surface area contributed by atoms with E-state index in [2.05, 4.69) is 20.4 Å². The maximum Gasteiger partial charge on any atom is 0.216 e. The Balaban J connectivity index is 2.06. The van der Waals surface area contributed by atoms with Crippen molar-refractivity contribution >= 4 is 18.4 Å². The van der Waals surface area contributed by atoms with Gasteiger partial charge in [0.25, 0.3) is 0 Å². The molecule has 118 valence electrons. The summed E-state index contributed by atoms with van der Waals surface area (Å²) in [6.07, 6.45) is 1.69. The van der Waals surface area contributed by atoms with E-state index in [0.717, 1.165) is 17.0 Å². The summed E-state index contributed by atoms with van der Waals surface area (Å²) in [7, 11) is 1.88. The number of H-pyrrole nitrogens is 1. The number of halogens is 1. The molecule has 0 radical (unpaired) electrons. The summed E-state index contributed by atoms with van der Waals surface area (Å²) in [6, 6.07) is 6.13. The Morgan fingerprint density at radius 1 is 1.35 bits per heavy atom. The van der Waals surface area contributed by atoms with Crippen LogP contribution in [0.15, 0.2) is 29.4 Å². The van der Waals surface area contributed by atoms with Crippen molar-refractivity contribution < 1.29 is 4.39 Å². The number of nitrogens with zero attached hydrogens (tertiary/aromatic N) is 5. The van der Waals surface area contributed by atoms with Gasteiger partial charge >= 0.3 is 0 Å². The van der Waals surface area contributed by atoms with Crippen LogP contribution in [0.5, 0.6) is 0 Å². The number of aromatic nitrogens is 5. The molecular weight excluding hydrogens is 315 g/mol. The maximum absolute atomic E-state index is 13.4. The molecule has 0 bridgehead atoms. The van der Waals surface area contributed by atoms with Crippen molar-refractivity contribution in [2.45, 2.75) is 13.8 Å². The molecule has 8 heteroatoms. The minimum Gasteiger partial charge on any atom is -0.272 e. The number of rotatable bonds is 3. The van der Waals surface area contributed by atoms with E-state index in [1.807, 2.05) is 20.9 Å². The summed E-state index contributed by atoms with van der Waals surface area (Å²) >= 11 is 5.21. The molecule has 0 aliphatic carbocycles. The van der Waals surface area contributed by atoms with E-state index < -0.39 is 0 Å². The van der Waals surface area contributed by atoms with E-state index in [9.17, 15) is 4.39 Å². The fourth-order valence-corrected chi connectivity index (χ4v) is 2.48. The van der Waals surface area contributed by atoms with Gasteiger partial charge in [-0.1, -0.05) is 12.1 Å². The second-order valence-electron chi connectivity index (χ2n) is 5.13. The average molecular weight is 330 g/mol. The van der Waals surface area contributed by atoms with Gasteiger partial charge < -0.3 is 0 Å². The standard InChI is InChI=1S/C15H15FN6S/c1-9-13(10(2)21(3)20-9)8-17-22-14(18-19-15(22)23)11-5-4-6-12(16)7-11/h4-8H,1-3H3,(H,19,23)/b17-8-. The normalized spacial score (nSPS) is 11.5. The van der Waals surface area contributed by atoms with Gasteiger partial charge in [-0.15, -0.1) is 0 Å². The number of benzene rings is 1. The molecule has 0 saturated carbocycles. The zero-order valence-corrected chi connectivity index (χ0v) is 13.7. The minimum absolute atomic E-state index is 0.333. The molecule has 1 aromatic carbocycles. The summed E-state index contributed by atoms with van der Waals surface area (Å²) in [4.78, 5) is 0. The van der Waals surface area contributed by atoms with Gasteiger partial charge in [0.2, 0.25) is 4.77 Å². The van der Waals surface area contributed by atoms with Gasteiger partial charge in [0, 0.05) is 23.9 Å². The van der Waals surface area contributed by atoms with Gasteiger partial charge in [-0.25, -0.2) is 9.49 Å². The van der Waals surface area contributed by atoms with Gasteiger partial charge in [-0.2, -0.15) is 20.0 Å². The zero-order valence-electron chi connectivity index (χ0n) is 12.9. The summed E-state index contributed by atoms with van der Waals surface area (Å²) in [6.45, 7) is 3.87. The first-order valence-electron chi connectivity index (χ1n) is 6.95. The molecule has 0 amide bonds. The third kappa shape index (κ3) is 2.85. The van der Waals surface area contributed by atoms with Crippen LogP contribution in [0.25, 0.3) is 11.4 Å². The molecular formula is C15H15FN6S. The number of hydrogen-bond donors (Lipinski definition) is 1. The lowest BCUT2D eigenvalue weighted by molar-refractivity contribution is 0.628. The van der Waals surface area contributed by atoms with Crippen LogP contribution >= 0.6 is 12.2 Å². The van der Waals surface area contributed by atoms with Gasteiger partial charge in [0.1, 0.15) is 5.82 Å². The Kier molecular flexibility index (Phi) is 3.91. The summed E-state index contributed by atoms with van der Waals surface area (Å²) in [5.74, 6) is 0.107. The lowest BCUT2D eigenvalue weighted by atomic mass is 10.2. The number of hydrogen-bond acceptors (Lipinski definition) is 4. The third-order valence-corrected chi connectivity index (χ3v) is 3.86. The second-order valence-corrected chi connectivity index (χ2v) is 5.51. The zero-order chi connectivity index (χ0) is 16.6. The van der Waals surface area contributed by atoms with Crippen LogP contribution in [-0.2, 0) is 7.05 Å². The lowest BCUT2D eigenvalue weighted by Crippen LogP contribution is -1.97. The first-order valence-corrected chi connectivity index (χ1v) is 7.36. The first-order chi connectivity index (χ1) is 11.0. The molecule has 0 aliphatic rings.